The van der Waals surface area contributed by atoms with Gasteiger partial charge in [-0.25, -0.2) is 34.4 Å². The molecule has 266 valence electrons. The number of benzene rings is 1. The smallest absolute Gasteiger partial charge is 0.420 e. The number of amides is 2. The summed E-state index contributed by atoms with van der Waals surface area (Å²) in [4.78, 5) is 40.3. The first-order chi connectivity index (χ1) is 24.5. The van der Waals surface area contributed by atoms with Crippen molar-refractivity contribution < 1.29 is 31.5 Å². The van der Waals surface area contributed by atoms with Gasteiger partial charge in [0.25, 0.3) is 0 Å². The van der Waals surface area contributed by atoms with Gasteiger partial charge in [-0.1, -0.05) is 41.9 Å². The second-order valence-electron chi connectivity index (χ2n) is 11.4. The lowest BCUT2D eigenvalue weighted by molar-refractivity contribution is -0.137. The van der Waals surface area contributed by atoms with E-state index in [9.17, 15) is 26.7 Å². The molecule has 2 amide bonds. The third-order valence-electron chi connectivity index (χ3n) is 8.10. The lowest BCUT2D eigenvalue weighted by Crippen LogP contribution is -2.49. The minimum atomic E-state index is -4.90. The molecule has 4 heterocycles. The lowest BCUT2D eigenvalue weighted by atomic mass is 9.90. The van der Waals surface area contributed by atoms with Gasteiger partial charge in [-0.2, -0.15) is 27.1 Å². The van der Waals surface area contributed by atoms with Gasteiger partial charge in [0.15, 0.2) is 5.82 Å². The van der Waals surface area contributed by atoms with Crippen LogP contribution >= 0.6 is 11.6 Å². The normalized spacial score (nSPS) is 16.2. The van der Waals surface area contributed by atoms with E-state index >= 15 is 0 Å². The standard InChI is InChI=1S/C32H29ClF5N11O2/c1-51-30-42-12-19(13-43-30)24-15-40-25(16-39-24)49(31(50)44-11-18-5-3-2-4-6-18)21-9-7-20(8-10-21)45-29-41-14-22(32(36,37)38)26(46-29)27-23(33)17-48(47-27)28(34)35/h2-6,12-17,20-21,28H,7-11H2,1H3,(H,44,50)(H,41,45,46)/t20-,21-. The Bertz CT molecular complexity index is 1940. The number of nitrogens with one attached hydrogen (secondary N) is 2. The summed E-state index contributed by atoms with van der Waals surface area (Å²) in [5.41, 5.74) is -0.582. The van der Waals surface area contributed by atoms with E-state index in [1.807, 2.05) is 30.3 Å². The first kappa shape index (κ1) is 35.3. The van der Waals surface area contributed by atoms with E-state index in [4.69, 9.17) is 16.3 Å². The molecular weight excluding hydrogens is 701 g/mol. The summed E-state index contributed by atoms with van der Waals surface area (Å²) in [6, 6.07) is 8.60. The molecule has 0 bridgehead atoms. The SMILES string of the molecule is COc1ncc(-c2cnc(N(C(=O)NCc3ccccc3)[C@H]3CC[C@H](Nc4ncc(C(F)(F)F)c(-c5nn(C(F)F)cc5Cl)n4)CC3)cn2)cn1. The van der Waals surface area contributed by atoms with E-state index in [-0.39, 0.29) is 41.3 Å². The Kier molecular flexibility index (Phi) is 10.5. The third-order valence-corrected chi connectivity index (χ3v) is 8.37. The van der Waals surface area contributed by atoms with Gasteiger partial charge in [0.05, 0.1) is 36.4 Å². The highest BCUT2D eigenvalue weighted by Gasteiger charge is 2.38. The largest absolute Gasteiger partial charge is 0.467 e. The second-order valence-corrected chi connectivity index (χ2v) is 11.8. The number of aromatic nitrogens is 8. The molecule has 2 N–H and O–H groups in total. The molecule has 0 radical (unpaired) electrons. The van der Waals surface area contributed by atoms with Crippen molar-refractivity contribution in [2.75, 3.05) is 17.3 Å². The highest BCUT2D eigenvalue weighted by Crippen LogP contribution is 2.38. The minimum absolute atomic E-state index is 0.154. The molecule has 0 atom stereocenters. The quantitative estimate of drug-likeness (QED) is 0.147. The van der Waals surface area contributed by atoms with Crippen molar-refractivity contribution in [2.24, 2.45) is 0 Å². The molecule has 1 aromatic carbocycles. The summed E-state index contributed by atoms with van der Waals surface area (Å²) in [7, 11) is 1.46. The average Bonchev–Trinajstić information content (AvgIpc) is 3.53. The van der Waals surface area contributed by atoms with Gasteiger partial charge in [0.2, 0.25) is 5.95 Å². The van der Waals surface area contributed by atoms with Crippen LogP contribution in [-0.4, -0.2) is 64.9 Å². The molecule has 51 heavy (non-hydrogen) atoms. The Labute approximate surface area is 292 Å². The van der Waals surface area contributed by atoms with Crippen molar-refractivity contribution in [1.29, 1.82) is 0 Å². The monoisotopic (exact) mass is 729 g/mol. The summed E-state index contributed by atoms with van der Waals surface area (Å²) in [6.07, 6.45) is 4.38. The molecule has 1 aliphatic carbocycles. The van der Waals surface area contributed by atoms with E-state index in [1.54, 1.807) is 17.3 Å². The predicted octanol–water partition coefficient (Wildman–Crippen LogP) is 6.80. The zero-order valence-electron chi connectivity index (χ0n) is 26.7. The summed E-state index contributed by atoms with van der Waals surface area (Å²) in [5.74, 6) is 0.150. The Morgan fingerprint density at radius 2 is 1.71 bits per heavy atom. The van der Waals surface area contributed by atoms with Gasteiger partial charge in [-0.15, -0.1) is 0 Å². The van der Waals surface area contributed by atoms with Crippen LogP contribution in [0.2, 0.25) is 5.02 Å². The number of nitrogens with zero attached hydrogens (tertiary/aromatic N) is 9. The first-order valence-electron chi connectivity index (χ1n) is 15.5. The van der Waals surface area contributed by atoms with Crippen LogP contribution in [0.4, 0.5) is 38.5 Å². The molecule has 5 aromatic rings. The number of anilines is 2. The fourth-order valence-corrected chi connectivity index (χ4v) is 5.82. The van der Waals surface area contributed by atoms with Gasteiger partial charge in [-0.3, -0.25) is 9.88 Å². The molecule has 4 aromatic heterocycles. The Morgan fingerprint density at radius 1 is 0.980 bits per heavy atom. The van der Waals surface area contributed by atoms with Crippen LogP contribution in [0.15, 0.2) is 67.5 Å². The zero-order valence-corrected chi connectivity index (χ0v) is 27.5. The second kappa shape index (κ2) is 15.2. The molecule has 6 rings (SSSR count). The molecule has 19 heteroatoms. The fourth-order valence-electron chi connectivity index (χ4n) is 5.59. The van der Waals surface area contributed by atoms with Crippen LogP contribution in [0.25, 0.3) is 22.6 Å². The molecule has 1 saturated carbocycles. The van der Waals surface area contributed by atoms with E-state index in [1.165, 1.54) is 19.5 Å². The van der Waals surface area contributed by atoms with Gasteiger partial charge >= 0.3 is 24.8 Å². The van der Waals surface area contributed by atoms with Crippen molar-refractivity contribution >= 4 is 29.4 Å². The van der Waals surface area contributed by atoms with Crippen molar-refractivity contribution in [1.82, 2.24) is 45.0 Å². The zero-order chi connectivity index (χ0) is 36.1. The molecule has 13 nitrogen and oxygen atoms in total. The molecule has 0 saturated heterocycles. The molecular formula is C32H29ClF5N11O2. The number of carbonyl (C=O) groups excluding carboxylic acids is 1. The van der Waals surface area contributed by atoms with Crippen molar-refractivity contribution in [3.05, 3.63) is 83.7 Å². The predicted molar refractivity (Wildman–Crippen MR) is 175 cm³/mol. The number of ether oxygens (including phenoxy) is 1. The number of halogens is 6. The van der Waals surface area contributed by atoms with E-state index in [2.05, 4.69) is 45.6 Å². The molecule has 1 fully saturated rings. The van der Waals surface area contributed by atoms with Crippen molar-refractivity contribution in [3.63, 3.8) is 0 Å². The molecule has 0 aliphatic heterocycles. The van der Waals surface area contributed by atoms with Gasteiger partial charge in [0, 0.05) is 42.8 Å². The number of hydrogen-bond acceptors (Lipinski definition) is 10. The first-order valence-corrected chi connectivity index (χ1v) is 15.9. The van der Waals surface area contributed by atoms with Crippen LogP contribution in [0.5, 0.6) is 6.01 Å². The fraction of sp³-hybridized carbons (Fsp3) is 0.312. The maximum atomic E-state index is 13.8. The Morgan fingerprint density at radius 3 is 2.31 bits per heavy atom. The third kappa shape index (κ3) is 8.28. The lowest BCUT2D eigenvalue weighted by Gasteiger charge is -2.36. The minimum Gasteiger partial charge on any atom is -0.467 e. The van der Waals surface area contributed by atoms with Gasteiger partial charge < -0.3 is 15.4 Å². The molecule has 0 unspecified atom stereocenters. The topological polar surface area (TPSA) is 149 Å². The van der Waals surface area contributed by atoms with Crippen LogP contribution in [-0.2, 0) is 12.7 Å². The Balaban J connectivity index is 1.19. The molecule has 1 aliphatic rings. The summed E-state index contributed by atoms with van der Waals surface area (Å²) < 4.78 is 73.1. The van der Waals surface area contributed by atoms with Crippen LogP contribution in [0.1, 0.15) is 43.4 Å². The maximum Gasteiger partial charge on any atom is 0.420 e. The van der Waals surface area contributed by atoms with Crippen LogP contribution in [0.3, 0.4) is 0 Å². The summed E-state index contributed by atoms with van der Waals surface area (Å²) in [5, 5.41) is 9.10. The van der Waals surface area contributed by atoms with E-state index in [0.29, 0.717) is 49.0 Å². The summed E-state index contributed by atoms with van der Waals surface area (Å²) in [6.45, 7) is -2.85. The number of urea groups is 1. The average molecular weight is 730 g/mol. The molecule has 0 spiro atoms. The van der Waals surface area contributed by atoms with Crippen LogP contribution in [0, 0.1) is 0 Å². The Hall–Kier alpha value is -5.52. The van der Waals surface area contributed by atoms with Gasteiger partial charge in [0.1, 0.15) is 17.0 Å². The van der Waals surface area contributed by atoms with Crippen LogP contribution < -0.4 is 20.3 Å². The van der Waals surface area contributed by atoms with Crippen molar-refractivity contribution in [3.8, 4) is 28.7 Å². The number of carbonyl (C=O) groups is 1. The number of alkyl halides is 5. The van der Waals surface area contributed by atoms with Gasteiger partial charge in [-0.05, 0) is 31.2 Å². The summed E-state index contributed by atoms with van der Waals surface area (Å²) >= 11 is 6.00. The maximum absolute atomic E-state index is 13.8. The van der Waals surface area contributed by atoms with E-state index < -0.39 is 34.7 Å². The number of rotatable bonds is 10. The van der Waals surface area contributed by atoms with E-state index in [0.717, 1.165) is 11.8 Å². The highest BCUT2D eigenvalue weighted by molar-refractivity contribution is 6.33. The number of hydrogen-bond donors (Lipinski definition) is 2. The highest BCUT2D eigenvalue weighted by atomic mass is 35.5. The van der Waals surface area contributed by atoms with Crippen molar-refractivity contribution in [2.45, 2.75) is 57.0 Å². The number of methoxy groups -OCH3 is 1.